The van der Waals surface area contributed by atoms with Gasteiger partial charge in [0.15, 0.2) is 5.96 Å². The molecule has 0 amide bonds. The van der Waals surface area contributed by atoms with Crippen LogP contribution in [0, 0.1) is 18.3 Å². The van der Waals surface area contributed by atoms with Gasteiger partial charge < -0.3 is 20.1 Å². The first-order valence-corrected chi connectivity index (χ1v) is 11.3. The lowest BCUT2D eigenvalue weighted by molar-refractivity contribution is -0.0265. The summed E-state index contributed by atoms with van der Waals surface area (Å²) in [5.74, 6) is 1.39. The van der Waals surface area contributed by atoms with Crippen molar-refractivity contribution in [2.45, 2.75) is 58.5 Å². The smallest absolute Gasteiger partial charge is 0.191 e. The van der Waals surface area contributed by atoms with Crippen LogP contribution in [0.1, 0.15) is 62.7 Å². The normalized spacial score (nSPS) is 23.2. The molecule has 3 rings (SSSR count). The topological polar surface area (TPSA) is 54.9 Å². The first kappa shape index (κ1) is 25.4. The van der Waals surface area contributed by atoms with Crippen LogP contribution in [0.2, 0.25) is 0 Å². The zero-order chi connectivity index (χ0) is 20.5. The van der Waals surface area contributed by atoms with Crippen LogP contribution in [0.5, 0.6) is 0 Å². The van der Waals surface area contributed by atoms with Gasteiger partial charge in [0.25, 0.3) is 0 Å². The van der Waals surface area contributed by atoms with Crippen LogP contribution < -0.4 is 10.6 Å². The number of aryl methyl sites for hydroxylation is 1. The summed E-state index contributed by atoms with van der Waals surface area (Å²) >= 11 is 0. The number of guanidine groups is 1. The molecule has 2 N–H and O–H groups in total. The van der Waals surface area contributed by atoms with Crippen LogP contribution in [0.15, 0.2) is 29.3 Å². The Morgan fingerprint density at radius 3 is 2.60 bits per heavy atom. The lowest BCUT2D eigenvalue weighted by atomic mass is 9.67. The summed E-state index contributed by atoms with van der Waals surface area (Å²) in [5, 5.41) is 7.03. The second-order valence-corrected chi connectivity index (χ2v) is 8.78. The van der Waals surface area contributed by atoms with Crippen LogP contribution in [0.25, 0.3) is 0 Å². The molecule has 5 nitrogen and oxygen atoms in total. The molecule has 0 radical (unpaired) electrons. The predicted molar refractivity (Wildman–Crippen MR) is 135 cm³/mol. The van der Waals surface area contributed by atoms with Crippen molar-refractivity contribution >= 4 is 29.9 Å². The van der Waals surface area contributed by atoms with Crippen molar-refractivity contribution in [1.82, 2.24) is 10.6 Å². The van der Waals surface area contributed by atoms with E-state index in [2.05, 4.69) is 48.7 Å². The number of halogens is 1. The standard InChI is InChI=1S/C24H39N3O2.HI/c1-4-25-23(27-18-24(12-6-13-24)14-16-28-3)26-17-21-7-5-15-29-22(21)20-10-8-19(2)9-11-20;/h8-11,21-22H,4-7,12-18H2,1-3H3,(H2,25,26,27);1H. The third-order valence-corrected chi connectivity index (χ3v) is 6.55. The van der Waals surface area contributed by atoms with E-state index < -0.39 is 0 Å². The lowest BCUT2D eigenvalue weighted by Crippen LogP contribution is -2.43. The van der Waals surface area contributed by atoms with Crippen molar-refractivity contribution in [3.8, 4) is 0 Å². The summed E-state index contributed by atoms with van der Waals surface area (Å²) in [6.45, 7) is 8.58. The molecule has 0 spiro atoms. The van der Waals surface area contributed by atoms with Crippen molar-refractivity contribution in [3.05, 3.63) is 35.4 Å². The van der Waals surface area contributed by atoms with Gasteiger partial charge in [-0.25, -0.2) is 0 Å². The molecule has 1 aromatic carbocycles. The fourth-order valence-electron chi connectivity index (χ4n) is 4.48. The van der Waals surface area contributed by atoms with Gasteiger partial charge in [-0.05, 0) is 56.9 Å². The molecular weight excluding hydrogens is 489 g/mol. The molecule has 1 heterocycles. The van der Waals surface area contributed by atoms with E-state index >= 15 is 0 Å². The lowest BCUT2D eigenvalue weighted by Gasteiger charge is -2.41. The Kier molecular flexibility index (Phi) is 10.9. The quantitative estimate of drug-likeness (QED) is 0.273. The number of ether oxygens (including phenoxy) is 2. The first-order valence-electron chi connectivity index (χ1n) is 11.3. The molecule has 0 aromatic heterocycles. The number of methoxy groups -OCH3 is 1. The molecule has 1 saturated carbocycles. The minimum atomic E-state index is 0. The van der Waals surface area contributed by atoms with E-state index in [1.54, 1.807) is 7.11 Å². The van der Waals surface area contributed by atoms with Crippen LogP contribution in [0.3, 0.4) is 0 Å². The average molecular weight is 530 g/mol. The predicted octanol–water partition coefficient (Wildman–Crippen LogP) is 4.84. The number of hydrogen-bond acceptors (Lipinski definition) is 3. The molecule has 0 bridgehead atoms. The van der Waals surface area contributed by atoms with E-state index in [1.165, 1.54) is 36.8 Å². The van der Waals surface area contributed by atoms with Crippen LogP contribution in [-0.4, -0.2) is 45.9 Å². The van der Waals surface area contributed by atoms with E-state index in [0.717, 1.165) is 51.6 Å². The zero-order valence-corrected chi connectivity index (χ0v) is 21.2. The largest absolute Gasteiger partial charge is 0.385 e. The maximum atomic E-state index is 6.18. The summed E-state index contributed by atoms with van der Waals surface area (Å²) in [6, 6.07) is 8.80. The van der Waals surface area contributed by atoms with E-state index in [9.17, 15) is 0 Å². The van der Waals surface area contributed by atoms with Crippen LogP contribution in [0.4, 0.5) is 0 Å². The molecule has 1 saturated heterocycles. The van der Waals surface area contributed by atoms with E-state index in [-0.39, 0.29) is 30.1 Å². The number of nitrogens with zero attached hydrogens (tertiary/aromatic N) is 1. The summed E-state index contributed by atoms with van der Waals surface area (Å²) in [4.78, 5) is 4.95. The highest BCUT2D eigenvalue weighted by Crippen LogP contribution is 2.44. The third kappa shape index (κ3) is 7.09. The molecule has 2 unspecified atom stereocenters. The average Bonchev–Trinajstić information content (AvgIpc) is 2.71. The highest BCUT2D eigenvalue weighted by atomic mass is 127. The number of nitrogens with one attached hydrogen (secondary N) is 2. The molecule has 6 heteroatoms. The van der Waals surface area contributed by atoms with Crippen molar-refractivity contribution < 1.29 is 9.47 Å². The van der Waals surface area contributed by atoms with E-state index in [1.807, 2.05) is 0 Å². The first-order chi connectivity index (χ1) is 14.2. The Morgan fingerprint density at radius 2 is 1.97 bits per heavy atom. The number of rotatable bonds is 9. The van der Waals surface area contributed by atoms with Gasteiger partial charge in [-0.3, -0.25) is 4.99 Å². The molecule has 170 valence electrons. The fraction of sp³-hybridized carbons (Fsp3) is 0.708. The second-order valence-electron chi connectivity index (χ2n) is 8.78. The number of benzene rings is 1. The summed E-state index contributed by atoms with van der Waals surface area (Å²) in [6.07, 6.45) is 7.44. The molecule has 1 aromatic rings. The summed E-state index contributed by atoms with van der Waals surface area (Å²) in [5.41, 5.74) is 2.92. The Morgan fingerprint density at radius 1 is 1.20 bits per heavy atom. The minimum Gasteiger partial charge on any atom is -0.385 e. The Hall–Kier alpha value is -0.860. The van der Waals surface area contributed by atoms with Crippen molar-refractivity contribution in [1.29, 1.82) is 0 Å². The molecule has 1 aliphatic carbocycles. The molecule has 1 aliphatic heterocycles. The molecule has 2 atom stereocenters. The van der Waals surface area contributed by atoms with Crippen LogP contribution >= 0.6 is 24.0 Å². The monoisotopic (exact) mass is 529 g/mol. The Bertz CT molecular complexity index is 646. The maximum Gasteiger partial charge on any atom is 0.191 e. The van der Waals surface area contributed by atoms with Gasteiger partial charge in [0.2, 0.25) is 0 Å². The summed E-state index contributed by atoms with van der Waals surface area (Å²) < 4.78 is 11.5. The highest BCUT2D eigenvalue weighted by molar-refractivity contribution is 14.0. The van der Waals surface area contributed by atoms with Gasteiger partial charge in [0, 0.05) is 45.9 Å². The third-order valence-electron chi connectivity index (χ3n) is 6.55. The molecule has 2 aliphatic rings. The van der Waals surface area contributed by atoms with Crippen LogP contribution in [-0.2, 0) is 9.47 Å². The minimum absolute atomic E-state index is 0. The van der Waals surface area contributed by atoms with Crippen molar-refractivity contribution in [2.24, 2.45) is 16.3 Å². The highest BCUT2D eigenvalue weighted by Gasteiger charge is 2.36. The van der Waals surface area contributed by atoms with Gasteiger partial charge in [-0.2, -0.15) is 0 Å². The van der Waals surface area contributed by atoms with Gasteiger partial charge in [-0.15, -0.1) is 24.0 Å². The van der Waals surface area contributed by atoms with Gasteiger partial charge in [-0.1, -0.05) is 36.2 Å². The summed E-state index contributed by atoms with van der Waals surface area (Å²) in [7, 11) is 1.79. The van der Waals surface area contributed by atoms with Gasteiger partial charge >= 0.3 is 0 Å². The molecular formula is C24H40IN3O2. The van der Waals surface area contributed by atoms with Crippen molar-refractivity contribution in [3.63, 3.8) is 0 Å². The van der Waals surface area contributed by atoms with Gasteiger partial charge in [0.1, 0.15) is 0 Å². The fourth-order valence-corrected chi connectivity index (χ4v) is 4.48. The van der Waals surface area contributed by atoms with Gasteiger partial charge in [0.05, 0.1) is 6.10 Å². The second kappa shape index (κ2) is 12.9. The zero-order valence-electron chi connectivity index (χ0n) is 18.9. The maximum absolute atomic E-state index is 6.18. The molecule has 2 fully saturated rings. The molecule has 30 heavy (non-hydrogen) atoms. The van der Waals surface area contributed by atoms with Crippen molar-refractivity contribution in [2.75, 3.05) is 40.0 Å². The van der Waals surface area contributed by atoms with E-state index in [4.69, 9.17) is 14.5 Å². The van der Waals surface area contributed by atoms with E-state index in [0.29, 0.717) is 11.3 Å². The SMILES string of the molecule is CCNC(=NCC1(CCOC)CCC1)NCC1CCCOC1c1ccc(C)cc1.I. The number of hydrogen-bond donors (Lipinski definition) is 2. The Labute approximate surface area is 199 Å². The number of aliphatic imine (C=N–C) groups is 1. The Balaban J connectivity index is 0.00000320.